The van der Waals surface area contributed by atoms with Gasteiger partial charge in [0.1, 0.15) is 13.2 Å². The Bertz CT molecular complexity index is 1330. The molecule has 0 aromatic rings. The van der Waals surface area contributed by atoms with Crippen LogP contribution in [0.2, 0.25) is 0 Å². The van der Waals surface area contributed by atoms with Crippen molar-refractivity contribution in [1.29, 1.82) is 0 Å². The van der Waals surface area contributed by atoms with E-state index in [0.29, 0.717) is 19.3 Å². The van der Waals surface area contributed by atoms with E-state index in [9.17, 15) is 14.4 Å². The highest BCUT2D eigenvalue weighted by Gasteiger charge is 2.19. The summed E-state index contributed by atoms with van der Waals surface area (Å²) < 4.78 is 16.8. The minimum atomic E-state index is -0.815. The molecule has 0 aliphatic carbocycles. The van der Waals surface area contributed by atoms with Crippen molar-refractivity contribution in [1.82, 2.24) is 0 Å². The van der Waals surface area contributed by atoms with Gasteiger partial charge < -0.3 is 14.2 Å². The Kier molecular flexibility index (Phi) is 50.9. The van der Waals surface area contributed by atoms with Crippen molar-refractivity contribution in [2.24, 2.45) is 0 Å². The van der Waals surface area contributed by atoms with Crippen LogP contribution in [0.3, 0.4) is 0 Å². The molecule has 0 aliphatic heterocycles. The van der Waals surface area contributed by atoms with Gasteiger partial charge in [0, 0.05) is 19.3 Å². The van der Waals surface area contributed by atoms with Gasteiger partial charge in [-0.25, -0.2) is 0 Å². The van der Waals surface area contributed by atoms with Crippen molar-refractivity contribution in [2.75, 3.05) is 13.2 Å². The molecule has 0 radical (unpaired) electrons. The lowest BCUT2D eigenvalue weighted by Gasteiger charge is -2.18. The summed E-state index contributed by atoms with van der Waals surface area (Å²) in [5.74, 6) is -0.988. The van der Waals surface area contributed by atoms with Gasteiger partial charge in [0.15, 0.2) is 6.10 Å². The van der Waals surface area contributed by atoms with E-state index in [2.05, 4.69) is 118 Å². The van der Waals surface area contributed by atoms with Crippen LogP contribution >= 0.6 is 0 Å². The minimum absolute atomic E-state index is 0.108. The second-order valence-electron chi connectivity index (χ2n) is 17.8. The van der Waals surface area contributed by atoms with Crippen LogP contribution in [-0.4, -0.2) is 37.2 Å². The molecule has 0 rings (SSSR count). The number of carbonyl (C=O) groups is 3. The second-order valence-corrected chi connectivity index (χ2v) is 17.8. The van der Waals surface area contributed by atoms with Crippen molar-refractivity contribution in [3.05, 3.63) is 97.2 Å². The average Bonchev–Trinajstić information content (AvgIpc) is 3.31. The predicted octanol–water partition coefficient (Wildman–Crippen LogP) is 18.1. The third kappa shape index (κ3) is 51.3. The maximum Gasteiger partial charge on any atom is 0.306 e. The molecule has 66 heavy (non-hydrogen) atoms. The highest BCUT2D eigenvalue weighted by atomic mass is 16.6. The first kappa shape index (κ1) is 62.3. The van der Waals surface area contributed by atoms with Gasteiger partial charge in [-0.1, -0.05) is 195 Å². The number of hydrogen-bond acceptors (Lipinski definition) is 6. The van der Waals surface area contributed by atoms with Gasteiger partial charge in [-0.15, -0.1) is 0 Å². The zero-order valence-corrected chi connectivity index (χ0v) is 42.9. The molecule has 0 aromatic heterocycles. The monoisotopic (exact) mass is 917 g/mol. The zero-order valence-electron chi connectivity index (χ0n) is 42.9. The van der Waals surface area contributed by atoms with E-state index in [1.165, 1.54) is 96.3 Å². The number of esters is 3. The first-order valence-electron chi connectivity index (χ1n) is 27.2. The maximum absolute atomic E-state index is 12.8. The Labute approximate surface area is 407 Å². The summed E-state index contributed by atoms with van der Waals surface area (Å²) in [7, 11) is 0. The number of hydrogen-bond donors (Lipinski definition) is 0. The van der Waals surface area contributed by atoms with E-state index in [4.69, 9.17) is 14.2 Å². The number of unbranched alkanes of at least 4 members (excludes halogenated alkanes) is 21. The van der Waals surface area contributed by atoms with Crippen molar-refractivity contribution in [3.8, 4) is 0 Å². The number of rotatable bonds is 48. The Morgan fingerprint density at radius 2 is 0.545 bits per heavy atom. The molecule has 0 bridgehead atoms. The van der Waals surface area contributed by atoms with Gasteiger partial charge in [-0.2, -0.15) is 0 Å². The topological polar surface area (TPSA) is 78.9 Å². The van der Waals surface area contributed by atoms with E-state index >= 15 is 0 Å². The summed E-state index contributed by atoms with van der Waals surface area (Å²) in [6, 6.07) is 0. The van der Waals surface area contributed by atoms with E-state index in [1.807, 2.05) is 0 Å². The molecule has 0 saturated carbocycles. The number of allylic oxidation sites excluding steroid dienone is 16. The van der Waals surface area contributed by atoms with Crippen LogP contribution in [0.1, 0.15) is 245 Å². The molecule has 0 aromatic carbocycles. The van der Waals surface area contributed by atoms with Gasteiger partial charge in [0.2, 0.25) is 0 Å². The number of ether oxygens (including phenoxy) is 3. The minimum Gasteiger partial charge on any atom is -0.462 e. The van der Waals surface area contributed by atoms with Crippen molar-refractivity contribution in [3.63, 3.8) is 0 Å². The Morgan fingerprint density at radius 3 is 0.939 bits per heavy atom. The second kappa shape index (κ2) is 53.9. The fourth-order valence-electron chi connectivity index (χ4n) is 7.13. The van der Waals surface area contributed by atoms with E-state index in [-0.39, 0.29) is 37.5 Å². The van der Waals surface area contributed by atoms with Crippen LogP contribution in [0.25, 0.3) is 0 Å². The van der Waals surface area contributed by atoms with Gasteiger partial charge in [-0.3, -0.25) is 14.4 Å². The molecule has 0 amide bonds. The highest BCUT2D eigenvalue weighted by molar-refractivity contribution is 5.71. The van der Waals surface area contributed by atoms with Crippen LogP contribution in [0.4, 0.5) is 0 Å². The lowest BCUT2D eigenvalue weighted by Crippen LogP contribution is -2.30. The normalized spacial score (nSPS) is 12.8. The Morgan fingerprint density at radius 1 is 0.303 bits per heavy atom. The van der Waals surface area contributed by atoms with E-state index in [0.717, 1.165) is 103 Å². The predicted molar refractivity (Wildman–Crippen MR) is 284 cm³/mol. The largest absolute Gasteiger partial charge is 0.462 e. The van der Waals surface area contributed by atoms with Crippen molar-refractivity contribution in [2.45, 2.75) is 252 Å². The zero-order chi connectivity index (χ0) is 47.9. The van der Waals surface area contributed by atoms with Crippen LogP contribution in [0, 0.1) is 0 Å². The van der Waals surface area contributed by atoms with Gasteiger partial charge in [-0.05, 0) is 128 Å². The Balaban J connectivity index is 4.52. The third-order valence-corrected chi connectivity index (χ3v) is 11.3. The molecule has 0 saturated heterocycles. The van der Waals surface area contributed by atoms with E-state index in [1.54, 1.807) is 0 Å². The molecule has 0 unspecified atom stereocenters. The van der Waals surface area contributed by atoms with Gasteiger partial charge in [0.25, 0.3) is 0 Å². The first-order chi connectivity index (χ1) is 32.5. The molecule has 6 heteroatoms. The van der Waals surface area contributed by atoms with Crippen molar-refractivity contribution < 1.29 is 28.6 Å². The summed E-state index contributed by atoms with van der Waals surface area (Å²) in [5.41, 5.74) is 0. The third-order valence-electron chi connectivity index (χ3n) is 11.3. The molecule has 0 spiro atoms. The number of carbonyl (C=O) groups excluding carboxylic acids is 3. The average molecular weight is 917 g/mol. The van der Waals surface area contributed by atoms with Gasteiger partial charge in [0.05, 0.1) is 0 Å². The molecule has 0 aliphatic rings. The summed E-state index contributed by atoms with van der Waals surface area (Å²) in [6.07, 6.45) is 71.0. The van der Waals surface area contributed by atoms with Crippen molar-refractivity contribution >= 4 is 17.9 Å². The molecular weight excluding hydrogens is 817 g/mol. The SMILES string of the molecule is CCCCC/C=C\C/C=C\C/C=C\C/C=C\CCCCCC(=O)OC[C@@H](COC(=O)CCCCCCC/C=C\CCCCCCC)OC(=O)CCCC/C=C\C/C=C\C/C=C\CCCCC. The maximum atomic E-state index is 12.8. The fourth-order valence-corrected chi connectivity index (χ4v) is 7.13. The van der Waals surface area contributed by atoms with Crippen LogP contribution in [0.15, 0.2) is 97.2 Å². The summed E-state index contributed by atoms with van der Waals surface area (Å²) in [6.45, 7) is 6.50. The van der Waals surface area contributed by atoms with Crippen LogP contribution in [0.5, 0.6) is 0 Å². The summed E-state index contributed by atoms with van der Waals surface area (Å²) in [5, 5.41) is 0. The van der Waals surface area contributed by atoms with Gasteiger partial charge >= 0.3 is 17.9 Å². The summed E-state index contributed by atoms with van der Waals surface area (Å²) in [4.78, 5) is 38.0. The highest BCUT2D eigenvalue weighted by Crippen LogP contribution is 2.12. The van der Waals surface area contributed by atoms with Crippen LogP contribution < -0.4 is 0 Å². The molecule has 376 valence electrons. The molecule has 0 heterocycles. The fraction of sp³-hybridized carbons (Fsp3) is 0.683. The lowest BCUT2D eigenvalue weighted by molar-refractivity contribution is -0.167. The molecule has 6 nitrogen and oxygen atoms in total. The molecule has 0 N–H and O–H groups in total. The quantitative estimate of drug-likeness (QED) is 0.0262. The van der Waals surface area contributed by atoms with Crippen LogP contribution in [-0.2, 0) is 28.6 Å². The Hall–Kier alpha value is -3.67. The standard InChI is InChI=1S/C60H100O6/c1-4-7-10-13-16-19-22-25-28-29-30-31-33-35-38-41-44-47-50-53-59(62)65-56-57(55-64-58(61)52-49-46-43-40-37-34-27-24-21-18-15-12-9-6-3)66-60(63)54-51-48-45-42-39-36-32-26-23-20-17-14-11-8-5-2/h16-17,19-20,24-28,30-32,35,38-39,42,57H,4-15,18,21-23,29,33-34,36-37,40-41,43-56H2,1-3H3/b19-16-,20-17-,27-24-,28-25-,31-30-,32-26-,38-35-,42-39-/t57-/m1/s1. The lowest BCUT2D eigenvalue weighted by atomic mass is 10.1. The van der Waals surface area contributed by atoms with E-state index < -0.39 is 6.10 Å². The first-order valence-corrected chi connectivity index (χ1v) is 27.2. The summed E-state index contributed by atoms with van der Waals surface area (Å²) >= 11 is 0. The molecule has 1 atom stereocenters. The smallest absolute Gasteiger partial charge is 0.306 e. The molecular formula is C60H100O6. The molecule has 0 fully saturated rings.